The largest absolute Gasteiger partial charge is 0.508 e. The Morgan fingerprint density at radius 1 is 0.911 bits per heavy atom. The van der Waals surface area contributed by atoms with Crippen LogP contribution in [0.4, 0.5) is 4.79 Å². The molecule has 0 bridgehead atoms. The molecule has 0 saturated heterocycles. The molecule has 16 nitrogen and oxygen atoms in total. The van der Waals surface area contributed by atoms with Crippen molar-refractivity contribution in [2.24, 2.45) is 17.6 Å². The summed E-state index contributed by atoms with van der Waals surface area (Å²) in [7, 11) is 2.80. The molecule has 3 aliphatic carbocycles. The van der Waals surface area contributed by atoms with E-state index in [-0.39, 0.29) is 30.9 Å². The van der Waals surface area contributed by atoms with Crippen LogP contribution in [0.15, 0.2) is 89.7 Å². The van der Waals surface area contributed by atoms with Gasteiger partial charge in [0.15, 0.2) is 17.6 Å². The summed E-state index contributed by atoms with van der Waals surface area (Å²) in [6.07, 6.45) is -4.43. The maximum absolute atomic E-state index is 14.5. The molecule has 0 heterocycles. The number of nitrogens with two attached hydrogens (primary N) is 1. The molecule has 3 aliphatic rings. The Hall–Kier alpha value is -6.07. The van der Waals surface area contributed by atoms with Crippen LogP contribution in [0.2, 0.25) is 0 Å². The minimum Gasteiger partial charge on any atom is -0.508 e. The number of benzene rings is 3. The second-order valence-electron chi connectivity index (χ2n) is 14.2. The van der Waals surface area contributed by atoms with Crippen LogP contribution >= 0.6 is 0 Å². The number of ether oxygens (including phenoxy) is 2. The van der Waals surface area contributed by atoms with Crippen molar-refractivity contribution in [1.29, 1.82) is 0 Å². The lowest BCUT2D eigenvalue weighted by molar-refractivity contribution is -0.169. The van der Waals surface area contributed by atoms with Gasteiger partial charge in [0.25, 0.3) is 5.91 Å². The monoisotopic (exact) mass is 770 g/mol. The molecule has 6 rings (SSSR count). The number of nitrogens with zero attached hydrogens (tertiary/aromatic N) is 1. The van der Waals surface area contributed by atoms with E-state index in [9.17, 15) is 49.5 Å². The van der Waals surface area contributed by atoms with E-state index >= 15 is 0 Å². The lowest BCUT2D eigenvalue weighted by atomic mass is 9.54. The molecule has 0 aromatic heterocycles. The number of aliphatic hydroxyl groups excluding tert-OH is 3. The van der Waals surface area contributed by atoms with Gasteiger partial charge in [-0.05, 0) is 36.7 Å². The maximum atomic E-state index is 14.5. The zero-order valence-electron chi connectivity index (χ0n) is 30.6. The van der Waals surface area contributed by atoms with Gasteiger partial charge in [0.1, 0.15) is 36.1 Å². The highest BCUT2D eigenvalue weighted by molar-refractivity contribution is 6.25. The van der Waals surface area contributed by atoms with Gasteiger partial charge in [-0.15, -0.1) is 0 Å². The Labute approximate surface area is 320 Å². The Morgan fingerprint density at radius 3 is 2.09 bits per heavy atom. The molecule has 9 N–H and O–H groups in total. The highest BCUT2D eigenvalue weighted by Crippen LogP contribution is 2.56. The third-order valence-corrected chi connectivity index (χ3v) is 10.6. The first-order chi connectivity index (χ1) is 26.6. The smallest absolute Gasteiger partial charge is 0.407 e. The number of amides is 2. The number of rotatable bonds is 10. The normalized spacial score (nSPS) is 24.8. The molecule has 7 unspecified atom stereocenters. The quantitative estimate of drug-likeness (QED) is 0.0828. The summed E-state index contributed by atoms with van der Waals surface area (Å²) in [4.78, 5) is 68.4. The van der Waals surface area contributed by atoms with Crippen LogP contribution in [0.25, 0.3) is 5.76 Å². The number of phenolic OH excluding ortho intramolecular Hbond substituents is 1. The number of fused-ring (bicyclic) bond motifs is 3. The van der Waals surface area contributed by atoms with E-state index in [1.807, 2.05) is 6.07 Å². The Balaban J connectivity index is 1.31. The van der Waals surface area contributed by atoms with Gasteiger partial charge in [-0.3, -0.25) is 19.3 Å². The summed E-state index contributed by atoms with van der Waals surface area (Å²) < 4.78 is 10.4. The number of esters is 1. The molecule has 16 heteroatoms. The zero-order valence-corrected chi connectivity index (χ0v) is 30.6. The predicted octanol–water partition coefficient (Wildman–Crippen LogP) is 1.58. The first kappa shape index (κ1) is 39.6. The minimum absolute atomic E-state index is 0.0119. The first-order valence-corrected chi connectivity index (χ1v) is 17.7. The molecule has 0 spiro atoms. The highest BCUT2D eigenvalue weighted by Gasteiger charge is 2.68. The number of Topliss-reactive ketones (excluding diaryl/α,β-unsaturated/α-hetero) is 2. The summed E-state index contributed by atoms with van der Waals surface area (Å²) in [6, 6.07) is 18.9. The van der Waals surface area contributed by atoms with E-state index in [1.165, 1.54) is 25.1 Å². The number of ketones is 2. The number of alkyl carbamates (subject to hydrolysis) is 1. The third kappa shape index (κ3) is 6.87. The van der Waals surface area contributed by atoms with Gasteiger partial charge in [0.2, 0.25) is 5.78 Å². The molecule has 3 aromatic rings. The number of nitrogens with one attached hydrogen (secondary N) is 2. The van der Waals surface area contributed by atoms with Gasteiger partial charge in [-0.25, -0.2) is 9.59 Å². The topological polar surface area (TPSA) is 258 Å². The molecule has 2 amide bonds. The number of carbonyl (C=O) groups is 5. The molecule has 0 aliphatic heterocycles. The van der Waals surface area contributed by atoms with Crippen molar-refractivity contribution in [3.8, 4) is 5.75 Å². The maximum Gasteiger partial charge on any atom is 0.407 e. The molecule has 0 radical (unpaired) electrons. The molecule has 294 valence electrons. The Bertz CT molecular complexity index is 2140. The summed E-state index contributed by atoms with van der Waals surface area (Å²) in [5.74, 6) is -11.6. The van der Waals surface area contributed by atoms with Crippen LogP contribution < -0.4 is 16.4 Å². The molecule has 7 atom stereocenters. The lowest BCUT2D eigenvalue weighted by Gasteiger charge is -2.53. The van der Waals surface area contributed by atoms with Crippen LogP contribution in [-0.4, -0.2) is 98.0 Å². The molecular weight excluding hydrogens is 728 g/mol. The van der Waals surface area contributed by atoms with Crippen molar-refractivity contribution < 1.29 is 59.0 Å². The number of carbonyl (C=O) groups excluding carboxylic acids is 5. The number of hydrogen-bond donors (Lipinski definition) is 8. The van der Waals surface area contributed by atoms with E-state index in [1.54, 1.807) is 67.6 Å². The van der Waals surface area contributed by atoms with Gasteiger partial charge in [-0.2, -0.15) is 0 Å². The predicted molar refractivity (Wildman–Crippen MR) is 197 cm³/mol. The highest BCUT2D eigenvalue weighted by atomic mass is 16.5. The van der Waals surface area contributed by atoms with Gasteiger partial charge < -0.3 is 51.4 Å². The molecule has 1 saturated carbocycles. The van der Waals surface area contributed by atoms with E-state index in [0.717, 1.165) is 5.56 Å². The van der Waals surface area contributed by atoms with E-state index in [2.05, 4.69) is 10.6 Å². The van der Waals surface area contributed by atoms with Crippen molar-refractivity contribution in [3.05, 3.63) is 118 Å². The lowest BCUT2D eigenvalue weighted by Crippen LogP contribution is -2.70. The summed E-state index contributed by atoms with van der Waals surface area (Å²) in [5.41, 5.74) is 2.59. The number of aromatic hydroxyl groups is 1. The fourth-order valence-electron chi connectivity index (χ4n) is 7.82. The van der Waals surface area contributed by atoms with Crippen molar-refractivity contribution >= 4 is 35.3 Å². The first-order valence-electron chi connectivity index (χ1n) is 17.7. The van der Waals surface area contributed by atoms with Gasteiger partial charge in [0, 0.05) is 23.6 Å². The second kappa shape index (κ2) is 15.6. The summed E-state index contributed by atoms with van der Waals surface area (Å²) in [6.45, 7) is 1.15. The summed E-state index contributed by atoms with van der Waals surface area (Å²) >= 11 is 0. The van der Waals surface area contributed by atoms with Crippen molar-refractivity contribution in [2.45, 2.75) is 56.5 Å². The zero-order chi connectivity index (χ0) is 40.6. The van der Waals surface area contributed by atoms with Crippen LogP contribution in [0, 0.1) is 11.8 Å². The van der Waals surface area contributed by atoms with Crippen LogP contribution in [0.5, 0.6) is 5.75 Å². The number of likely N-dealkylation sites (N-methyl/N-ethyl adjacent to an activating group) is 1. The number of hydrogen-bond acceptors (Lipinski definition) is 14. The fraction of sp³-hybridized carbons (Fsp3) is 0.325. The average Bonchev–Trinajstić information content (AvgIpc) is 3.17. The van der Waals surface area contributed by atoms with Gasteiger partial charge in [0.05, 0.1) is 23.6 Å². The second-order valence-corrected chi connectivity index (χ2v) is 14.2. The van der Waals surface area contributed by atoms with E-state index in [4.69, 9.17) is 15.2 Å². The number of phenols is 1. The Kier molecular flexibility index (Phi) is 11.0. The van der Waals surface area contributed by atoms with Gasteiger partial charge >= 0.3 is 12.1 Å². The summed E-state index contributed by atoms with van der Waals surface area (Å²) in [5, 5.41) is 63.5. The van der Waals surface area contributed by atoms with E-state index < -0.39 is 99.6 Å². The number of aliphatic hydroxyl groups is 4. The molecule has 1 fully saturated rings. The molecule has 3 aromatic carbocycles. The van der Waals surface area contributed by atoms with Crippen molar-refractivity contribution in [2.75, 3.05) is 14.1 Å². The third-order valence-electron chi connectivity index (χ3n) is 10.6. The van der Waals surface area contributed by atoms with Crippen molar-refractivity contribution in [3.63, 3.8) is 0 Å². The SMILES string of the molecule is CC1c2ccc(CNC(=O)OCc3ccccc3)c(O)c2C(O)=C2C(=O)C3(O)C(O)=C(C(=O)NC(N)C(=O)OCc4ccccc4)C(=O)C(N(C)C)C3C(O)C21. The minimum atomic E-state index is -3.17. The van der Waals surface area contributed by atoms with Crippen molar-refractivity contribution in [1.82, 2.24) is 15.5 Å². The van der Waals surface area contributed by atoms with Gasteiger partial charge in [-0.1, -0.05) is 79.7 Å². The average molecular weight is 771 g/mol. The van der Waals surface area contributed by atoms with Crippen LogP contribution in [0.1, 0.15) is 40.7 Å². The molecule has 56 heavy (non-hydrogen) atoms. The van der Waals surface area contributed by atoms with Crippen LogP contribution in [0.3, 0.4) is 0 Å². The van der Waals surface area contributed by atoms with Crippen LogP contribution in [-0.2, 0) is 48.4 Å². The molecular formula is C40H42N4O12. The van der Waals surface area contributed by atoms with E-state index in [0.29, 0.717) is 11.1 Å². The fourth-order valence-corrected chi connectivity index (χ4v) is 7.82. The standard InChI is InChI=1S/C40H42N4O12/c1-19-23-15-14-22(16-42-39(53)56-18-21-12-8-5-9-13-21)30(45)25(23)31(46)26-24(19)32(47)28-29(44(2)3)33(48)27(35(50)40(28,54)34(26)49)37(51)43-36(41)38(52)55-17-20-10-6-4-7-11-20/h4-15,19,24,28-29,32,36,45-47,50,54H,16-18,41H2,1-3H3,(H,42,53)(H,43,51). The Morgan fingerprint density at radius 2 is 1.50 bits per heavy atom.